The zero-order valence-corrected chi connectivity index (χ0v) is 23.7. The molecule has 3 aromatic rings. The topological polar surface area (TPSA) is 134 Å². The van der Waals surface area contributed by atoms with Crippen molar-refractivity contribution in [2.45, 2.75) is 55.5 Å². The molecule has 2 fully saturated rings. The molecule has 0 radical (unpaired) electrons. The van der Waals surface area contributed by atoms with E-state index in [0.717, 1.165) is 25.7 Å². The summed E-state index contributed by atoms with van der Waals surface area (Å²) in [6.45, 7) is 9.45. The lowest BCUT2D eigenvalue weighted by Gasteiger charge is -2.38. The summed E-state index contributed by atoms with van der Waals surface area (Å²) in [6, 6.07) is 6.89. The van der Waals surface area contributed by atoms with Crippen LogP contribution in [0.3, 0.4) is 0 Å². The normalized spacial score (nSPS) is 20.1. The Balaban J connectivity index is 1.33. The summed E-state index contributed by atoms with van der Waals surface area (Å²) < 4.78 is 34.6. The lowest BCUT2D eigenvalue weighted by Crippen LogP contribution is -2.50. The number of carbonyl (C=O) groups excluding carboxylic acids is 1. The smallest absolute Gasteiger partial charge is 0.409 e. The Morgan fingerprint density at radius 3 is 2.71 bits per heavy atom. The quantitative estimate of drug-likeness (QED) is 0.426. The lowest BCUT2D eigenvalue weighted by atomic mass is 9.87. The van der Waals surface area contributed by atoms with E-state index >= 15 is 0 Å². The zero-order chi connectivity index (χ0) is 28.8. The highest BCUT2D eigenvalue weighted by molar-refractivity contribution is 7.89. The number of aromatic amines is 1. The van der Waals surface area contributed by atoms with Crippen LogP contribution in [0.25, 0.3) is 15.7 Å². The average molecular weight is 580 g/mol. The van der Waals surface area contributed by atoms with Crippen LogP contribution in [0, 0.1) is 12.5 Å². The number of hydrogen-bond donors (Lipinski definition) is 2. The molecular weight excluding hydrogens is 546 g/mol. The molecule has 12 nitrogen and oxygen atoms in total. The van der Waals surface area contributed by atoms with Crippen LogP contribution in [0.2, 0.25) is 0 Å². The monoisotopic (exact) mass is 579 g/mol. The minimum absolute atomic E-state index is 0.137. The van der Waals surface area contributed by atoms with E-state index in [1.54, 1.807) is 38.3 Å². The highest BCUT2D eigenvalue weighted by Crippen LogP contribution is 2.38. The summed E-state index contributed by atoms with van der Waals surface area (Å²) >= 11 is 0. The van der Waals surface area contributed by atoms with Crippen molar-refractivity contribution < 1.29 is 17.9 Å². The molecule has 13 heteroatoms. The van der Waals surface area contributed by atoms with Gasteiger partial charge in [-0.25, -0.2) is 24.5 Å². The van der Waals surface area contributed by atoms with Gasteiger partial charge in [-0.05, 0) is 61.4 Å². The van der Waals surface area contributed by atoms with Crippen molar-refractivity contribution in [2.75, 3.05) is 38.6 Å². The second-order valence-electron chi connectivity index (χ2n) is 11.2. The molecule has 0 spiro atoms. The van der Waals surface area contributed by atoms with Gasteiger partial charge >= 0.3 is 6.09 Å². The van der Waals surface area contributed by atoms with E-state index in [9.17, 15) is 18.0 Å². The number of hydrogen-bond acceptors (Lipinski definition) is 7. The molecule has 0 unspecified atom stereocenters. The first-order valence-corrected chi connectivity index (χ1v) is 15.4. The zero-order valence-electron chi connectivity index (χ0n) is 22.9. The van der Waals surface area contributed by atoms with Crippen LogP contribution in [-0.4, -0.2) is 71.8 Å². The first-order chi connectivity index (χ1) is 19.8. The van der Waals surface area contributed by atoms with Crippen LogP contribution in [0.4, 0.5) is 16.3 Å². The van der Waals surface area contributed by atoms with Crippen LogP contribution < -0.4 is 10.9 Å². The van der Waals surface area contributed by atoms with Gasteiger partial charge in [0, 0.05) is 38.1 Å². The van der Waals surface area contributed by atoms with Gasteiger partial charge in [-0.1, -0.05) is 12.8 Å². The first-order valence-electron chi connectivity index (χ1n) is 13.9. The fourth-order valence-corrected chi connectivity index (χ4v) is 8.26. The van der Waals surface area contributed by atoms with Crippen LogP contribution in [0.15, 0.2) is 40.2 Å². The van der Waals surface area contributed by atoms with Gasteiger partial charge < -0.3 is 24.8 Å². The molecule has 0 atom stereocenters. The Morgan fingerprint density at radius 1 is 1.24 bits per heavy atom. The maximum atomic E-state index is 13.2. The van der Waals surface area contributed by atoms with Gasteiger partial charge in [0.1, 0.15) is 10.9 Å². The number of carbonyl (C=O) groups is 1. The molecule has 1 aliphatic carbocycles. The van der Waals surface area contributed by atoms with Gasteiger partial charge in [-0.3, -0.25) is 4.79 Å². The van der Waals surface area contributed by atoms with E-state index in [0.29, 0.717) is 77.8 Å². The largest absolute Gasteiger partial charge is 0.453 e. The molecular formula is C28H33N7O5S. The molecule has 4 heterocycles. The number of ether oxygens (including phenoxy) is 1. The molecule has 216 valence electrons. The van der Waals surface area contributed by atoms with Crippen molar-refractivity contribution in [3.05, 3.63) is 57.8 Å². The number of nitrogens with one attached hydrogen (secondary N) is 2. The van der Waals surface area contributed by atoms with Crippen molar-refractivity contribution in [1.29, 1.82) is 0 Å². The number of likely N-dealkylation sites (tertiary alicyclic amines) is 1. The number of anilines is 2. The van der Waals surface area contributed by atoms with E-state index in [2.05, 4.69) is 15.1 Å². The predicted octanol–water partition coefficient (Wildman–Crippen LogP) is 3.64. The lowest BCUT2D eigenvalue weighted by molar-refractivity contribution is 0.0835. The summed E-state index contributed by atoms with van der Waals surface area (Å²) in [4.78, 5) is 33.5. The Labute approximate surface area is 238 Å². The molecule has 2 N–H and O–H groups in total. The average Bonchev–Trinajstić information content (AvgIpc) is 3.67. The summed E-state index contributed by atoms with van der Waals surface area (Å²) in [5.41, 5.74) is 0.873. The molecule has 2 aliphatic heterocycles. The summed E-state index contributed by atoms with van der Waals surface area (Å²) in [5, 5.41) is 8.45. The SMILES string of the molecule is [C-]#[N+]CC1(n2nc(Nc3ccc4c(c3)CN(CC3CCCC3)S4(=O)=O)c3c(=O)[nH]ccc32)CCN(C(=O)OC)CC1. The van der Waals surface area contributed by atoms with Gasteiger partial charge in [-0.15, -0.1) is 0 Å². The minimum Gasteiger partial charge on any atom is -0.453 e. The van der Waals surface area contributed by atoms with Crippen molar-refractivity contribution in [3.8, 4) is 0 Å². The third kappa shape index (κ3) is 4.74. The highest BCUT2D eigenvalue weighted by Gasteiger charge is 2.43. The molecule has 41 heavy (non-hydrogen) atoms. The van der Waals surface area contributed by atoms with Crippen molar-refractivity contribution in [1.82, 2.24) is 24.0 Å². The molecule has 0 bridgehead atoms. The molecule has 3 aliphatic rings. The molecule has 1 amide bonds. The Bertz CT molecular complexity index is 1690. The van der Waals surface area contributed by atoms with Crippen LogP contribution >= 0.6 is 0 Å². The van der Waals surface area contributed by atoms with E-state index in [-0.39, 0.29) is 12.1 Å². The maximum absolute atomic E-state index is 13.2. The Morgan fingerprint density at radius 2 is 2.00 bits per heavy atom. The summed E-state index contributed by atoms with van der Waals surface area (Å²) in [5.74, 6) is 0.728. The van der Waals surface area contributed by atoms with Gasteiger partial charge in [-0.2, -0.15) is 9.40 Å². The van der Waals surface area contributed by atoms with E-state index in [1.807, 2.05) is 6.07 Å². The summed E-state index contributed by atoms with van der Waals surface area (Å²) in [6.07, 6.45) is 6.53. The first kappa shape index (κ1) is 27.3. The van der Waals surface area contributed by atoms with Gasteiger partial charge in [0.05, 0.1) is 17.5 Å². The molecule has 1 aromatic carbocycles. The fraction of sp³-hybridized carbons (Fsp3) is 0.500. The summed E-state index contributed by atoms with van der Waals surface area (Å²) in [7, 11) is -2.19. The molecule has 6 rings (SSSR count). The number of H-pyrrole nitrogens is 1. The van der Waals surface area contributed by atoms with Gasteiger partial charge in [0.25, 0.3) is 5.56 Å². The second-order valence-corrected chi connectivity index (χ2v) is 13.1. The van der Waals surface area contributed by atoms with Crippen molar-refractivity contribution in [2.24, 2.45) is 5.92 Å². The second kappa shape index (κ2) is 10.5. The van der Waals surface area contributed by atoms with Crippen LogP contribution in [-0.2, 0) is 26.8 Å². The number of aromatic nitrogens is 3. The van der Waals surface area contributed by atoms with Crippen molar-refractivity contribution >= 4 is 38.5 Å². The highest BCUT2D eigenvalue weighted by atomic mass is 32.2. The third-order valence-electron chi connectivity index (χ3n) is 8.78. The Kier molecular flexibility index (Phi) is 6.99. The number of nitrogens with zero attached hydrogens (tertiary/aromatic N) is 5. The number of amides is 1. The van der Waals surface area contributed by atoms with Gasteiger partial charge in [0.15, 0.2) is 5.82 Å². The fourth-order valence-electron chi connectivity index (χ4n) is 6.57. The third-order valence-corrected chi connectivity index (χ3v) is 10.7. The van der Waals surface area contributed by atoms with Crippen LogP contribution in [0.5, 0.6) is 0 Å². The number of methoxy groups -OCH3 is 1. The number of fused-ring (bicyclic) bond motifs is 2. The molecule has 1 saturated carbocycles. The van der Waals surface area contributed by atoms with Crippen molar-refractivity contribution in [3.63, 3.8) is 0 Å². The number of benzene rings is 1. The maximum Gasteiger partial charge on any atom is 0.409 e. The standard InChI is InChI=1S/C28H33N7O5S/c1-29-18-28(10-13-33(14-11-28)27(37)40-2)35-22-9-12-30-26(36)24(22)25(32-35)31-21-7-8-23-20(15-21)17-34(41(23,38)39)16-19-5-3-4-6-19/h7-9,12,15,19H,3-6,10-11,13-14,16-18H2,2H3,(H,30,36)(H,31,32). The van der Waals surface area contributed by atoms with E-state index in [4.69, 9.17) is 16.4 Å². The van der Waals surface area contributed by atoms with E-state index in [1.165, 1.54) is 7.11 Å². The number of rotatable bonds is 6. The predicted molar refractivity (Wildman–Crippen MR) is 152 cm³/mol. The number of pyridine rings is 1. The van der Waals surface area contributed by atoms with Crippen LogP contribution in [0.1, 0.15) is 44.1 Å². The van der Waals surface area contributed by atoms with E-state index < -0.39 is 21.7 Å². The minimum atomic E-state index is -3.54. The van der Waals surface area contributed by atoms with Gasteiger partial charge in [0.2, 0.25) is 16.6 Å². The number of sulfonamides is 1. The molecule has 1 saturated heterocycles. The molecule has 2 aromatic heterocycles. The number of piperidine rings is 1. The Hall–Kier alpha value is -3.89.